The number of hydrogen-bond donors (Lipinski definition) is 1. The Labute approximate surface area is 70.6 Å². The first kappa shape index (κ1) is 8.74. The van der Waals surface area contributed by atoms with Gasteiger partial charge in [0.05, 0.1) is 7.11 Å². The minimum Gasteiger partial charge on any atom is -0.497 e. The molecule has 63 valence electrons. The number of ether oxygens (including phenoxy) is 1. The van der Waals surface area contributed by atoms with Gasteiger partial charge in [0.1, 0.15) is 11.9 Å². The molecule has 12 heavy (non-hydrogen) atoms. The largest absolute Gasteiger partial charge is 0.497 e. The van der Waals surface area contributed by atoms with E-state index in [1.54, 1.807) is 24.3 Å². The van der Waals surface area contributed by atoms with Crippen LogP contribution in [0.3, 0.4) is 0 Å². The van der Waals surface area contributed by atoms with E-state index in [1.165, 1.54) is 13.4 Å². The van der Waals surface area contributed by atoms with E-state index in [0.717, 1.165) is 0 Å². The summed E-state index contributed by atoms with van der Waals surface area (Å²) < 4.78 is 4.91. The molecular formula is C9H9O3. The van der Waals surface area contributed by atoms with Crippen molar-refractivity contribution in [3.8, 4) is 5.75 Å². The monoisotopic (exact) mass is 165 g/mol. The Kier molecular flexibility index (Phi) is 2.82. The lowest BCUT2D eigenvalue weighted by molar-refractivity contribution is 0.239. The van der Waals surface area contributed by atoms with Crippen molar-refractivity contribution in [2.45, 2.75) is 6.10 Å². The van der Waals surface area contributed by atoms with Crippen molar-refractivity contribution in [2.24, 2.45) is 0 Å². The Morgan fingerprint density at radius 2 is 2.33 bits per heavy atom. The average molecular weight is 165 g/mol. The van der Waals surface area contributed by atoms with Gasteiger partial charge in [-0.1, -0.05) is 12.1 Å². The van der Waals surface area contributed by atoms with Crippen LogP contribution in [0, 0.1) is 0 Å². The number of rotatable bonds is 3. The molecule has 0 amide bonds. The predicted molar refractivity (Wildman–Crippen MR) is 43.6 cm³/mol. The number of aliphatic hydroxyl groups is 1. The fraction of sp³-hybridized carbons (Fsp3) is 0.222. The fourth-order valence-corrected chi connectivity index (χ4v) is 0.880. The molecule has 1 unspecified atom stereocenters. The van der Waals surface area contributed by atoms with E-state index in [1.807, 2.05) is 0 Å². The van der Waals surface area contributed by atoms with Crippen molar-refractivity contribution < 1.29 is 14.6 Å². The van der Waals surface area contributed by atoms with Gasteiger partial charge in [-0.05, 0) is 17.7 Å². The highest BCUT2D eigenvalue weighted by molar-refractivity contribution is 5.60. The van der Waals surface area contributed by atoms with Crippen LogP contribution in [-0.2, 0) is 4.79 Å². The van der Waals surface area contributed by atoms with E-state index in [0.29, 0.717) is 11.3 Å². The minimum absolute atomic E-state index is 0.490. The van der Waals surface area contributed by atoms with E-state index in [4.69, 9.17) is 9.84 Å². The third-order valence-electron chi connectivity index (χ3n) is 1.52. The number of carbonyl (C=O) groups excluding carboxylic acids is 1. The highest BCUT2D eigenvalue weighted by Crippen LogP contribution is 2.17. The first-order valence-corrected chi connectivity index (χ1v) is 3.47. The normalized spacial score (nSPS) is 12.2. The van der Waals surface area contributed by atoms with Crippen LogP contribution in [0.1, 0.15) is 11.7 Å². The number of methoxy groups -OCH3 is 1. The second kappa shape index (κ2) is 3.88. The molecule has 1 aromatic carbocycles. The van der Waals surface area contributed by atoms with Gasteiger partial charge in [0.25, 0.3) is 0 Å². The van der Waals surface area contributed by atoms with E-state index in [2.05, 4.69) is 0 Å². The maximum absolute atomic E-state index is 10.1. The SMILES string of the molecule is COc1cccc(C(O)[C]=O)c1. The van der Waals surface area contributed by atoms with Crippen LogP contribution >= 0.6 is 0 Å². The van der Waals surface area contributed by atoms with Crippen molar-refractivity contribution in [3.63, 3.8) is 0 Å². The van der Waals surface area contributed by atoms with Crippen molar-refractivity contribution in [1.29, 1.82) is 0 Å². The molecule has 0 fully saturated rings. The Balaban J connectivity index is 2.93. The second-order valence-electron chi connectivity index (χ2n) is 2.30. The van der Waals surface area contributed by atoms with E-state index in [9.17, 15) is 4.79 Å². The molecule has 0 aliphatic rings. The van der Waals surface area contributed by atoms with Crippen LogP contribution in [0.25, 0.3) is 0 Å². The first-order chi connectivity index (χ1) is 5.77. The van der Waals surface area contributed by atoms with Gasteiger partial charge in [-0.3, -0.25) is 4.79 Å². The predicted octanol–water partition coefficient (Wildman–Crippen LogP) is 0.838. The molecule has 3 nitrogen and oxygen atoms in total. The summed E-state index contributed by atoms with van der Waals surface area (Å²) in [6.45, 7) is 0. The first-order valence-electron chi connectivity index (χ1n) is 3.47. The van der Waals surface area contributed by atoms with Gasteiger partial charge < -0.3 is 9.84 Å². The van der Waals surface area contributed by atoms with E-state index in [-0.39, 0.29) is 0 Å². The number of hydrogen-bond acceptors (Lipinski definition) is 3. The van der Waals surface area contributed by atoms with Crippen molar-refractivity contribution >= 4 is 6.29 Å². The van der Waals surface area contributed by atoms with Gasteiger partial charge in [-0.15, -0.1) is 0 Å². The summed E-state index contributed by atoms with van der Waals surface area (Å²) in [4.78, 5) is 10.1. The number of benzene rings is 1. The zero-order valence-electron chi connectivity index (χ0n) is 6.65. The highest BCUT2D eigenvalue weighted by atomic mass is 16.5. The average Bonchev–Trinajstić information content (AvgIpc) is 2.17. The van der Waals surface area contributed by atoms with Crippen LogP contribution in [0.5, 0.6) is 5.75 Å². The van der Waals surface area contributed by atoms with Crippen LogP contribution in [0.2, 0.25) is 0 Å². The minimum atomic E-state index is -1.18. The quantitative estimate of drug-likeness (QED) is 0.721. The molecule has 0 saturated heterocycles. The highest BCUT2D eigenvalue weighted by Gasteiger charge is 2.06. The molecular weight excluding hydrogens is 156 g/mol. The third-order valence-corrected chi connectivity index (χ3v) is 1.52. The van der Waals surface area contributed by atoms with Gasteiger partial charge in [-0.2, -0.15) is 0 Å². The van der Waals surface area contributed by atoms with Gasteiger partial charge in [-0.25, -0.2) is 0 Å². The lowest BCUT2D eigenvalue weighted by Crippen LogP contribution is -1.97. The van der Waals surface area contributed by atoms with Gasteiger partial charge in [0, 0.05) is 0 Å². The van der Waals surface area contributed by atoms with Gasteiger partial charge in [0.2, 0.25) is 6.29 Å². The molecule has 1 rings (SSSR count). The summed E-state index contributed by atoms with van der Waals surface area (Å²) >= 11 is 0. The molecule has 1 radical (unpaired) electrons. The lowest BCUT2D eigenvalue weighted by Gasteiger charge is -2.04. The summed E-state index contributed by atoms with van der Waals surface area (Å²) in [5.41, 5.74) is 0.490. The summed E-state index contributed by atoms with van der Waals surface area (Å²) in [6, 6.07) is 6.67. The molecule has 1 N–H and O–H groups in total. The topological polar surface area (TPSA) is 46.5 Å². The van der Waals surface area contributed by atoms with Crippen LogP contribution in [0.15, 0.2) is 24.3 Å². The Morgan fingerprint density at radius 3 is 2.92 bits per heavy atom. The van der Waals surface area contributed by atoms with Crippen LogP contribution < -0.4 is 4.74 Å². The molecule has 0 aromatic heterocycles. The third kappa shape index (κ3) is 1.83. The molecule has 0 aliphatic carbocycles. The van der Waals surface area contributed by atoms with Crippen LogP contribution in [-0.4, -0.2) is 18.5 Å². The van der Waals surface area contributed by atoms with Gasteiger partial charge >= 0.3 is 0 Å². The second-order valence-corrected chi connectivity index (χ2v) is 2.30. The maximum atomic E-state index is 10.1. The standard InChI is InChI=1S/C9H9O3/c1-12-8-4-2-3-7(5-8)9(11)6-10/h2-5,9,11H,1H3. The molecule has 3 heteroatoms. The van der Waals surface area contributed by atoms with E-state index < -0.39 is 6.10 Å². The van der Waals surface area contributed by atoms with Crippen molar-refractivity contribution in [3.05, 3.63) is 29.8 Å². The maximum Gasteiger partial charge on any atom is 0.234 e. The molecule has 1 atom stereocenters. The molecule has 0 bridgehead atoms. The summed E-state index contributed by atoms with van der Waals surface area (Å²) in [5.74, 6) is 0.613. The van der Waals surface area contributed by atoms with Crippen LogP contribution in [0.4, 0.5) is 0 Å². The fourth-order valence-electron chi connectivity index (χ4n) is 0.880. The molecule has 1 aromatic rings. The molecule has 0 aliphatic heterocycles. The summed E-state index contributed by atoms with van der Waals surface area (Å²) in [6.07, 6.45) is 0.302. The van der Waals surface area contributed by atoms with E-state index >= 15 is 0 Å². The number of aliphatic hydroxyl groups excluding tert-OH is 1. The zero-order chi connectivity index (χ0) is 8.97. The van der Waals surface area contributed by atoms with Gasteiger partial charge in [0.15, 0.2) is 0 Å². The Morgan fingerprint density at radius 1 is 1.58 bits per heavy atom. The van der Waals surface area contributed by atoms with Crippen molar-refractivity contribution in [2.75, 3.05) is 7.11 Å². The Bertz CT molecular complexity index is 270. The molecule has 0 heterocycles. The lowest BCUT2D eigenvalue weighted by atomic mass is 10.1. The summed E-state index contributed by atoms with van der Waals surface area (Å²) in [7, 11) is 1.52. The smallest absolute Gasteiger partial charge is 0.234 e. The zero-order valence-corrected chi connectivity index (χ0v) is 6.65. The Hall–Kier alpha value is -1.35. The molecule has 0 saturated carbocycles. The molecule has 0 spiro atoms. The van der Waals surface area contributed by atoms with Crippen molar-refractivity contribution in [1.82, 2.24) is 0 Å². The summed E-state index contributed by atoms with van der Waals surface area (Å²) in [5, 5.41) is 9.07.